The highest BCUT2D eigenvalue weighted by atomic mass is 35.5. The van der Waals surface area contributed by atoms with E-state index in [1.54, 1.807) is 0 Å². The molecule has 1 aromatic carbocycles. The highest BCUT2D eigenvalue weighted by Gasteiger charge is 2.50. The van der Waals surface area contributed by atoms with Crippen molar-refractivity contribution in [2.24, 2.45) is 10.7 Å². The molecule has 3 N–H and O–H groups in total. The van der Waals surface area contributed by atoms with Crippen molar-refractivity contribution in [3.63, 3.8) is 0 Å². The molecule has 2 unspecified atom stereocenters. The molecule has 0 spiro atoms. The van der Waals surface area contributed by atoms with Crippen molar-refractivity contribution in [3.8, 4) is 0 Å². The van der Waals surface area contributed by atoms with Crippen molar-refractivity contribution in [3.05, 3.63) is 57.3 Å². The molecule has 2 atom stereocenters. The largest absolute Gasteiger partial charge is 0.452 e. The summed E-state index contributed by atoms with van der Waals surface area (Å²) in [5.41, 5.74) is 2.35. The van der Waals surface area contributed by atoms with Gasteiger partial charge in [-0.05, 0) is 19.1 Å². The molecule has 1 aliphatic rings. The van der Waals surface area contributed by atoms with Crippen LogP contribution in [0.15, 0.2) is 29.4 Å². The summed E-state index contributed by atoms with van der Waals surface area (Å²) in [6.45, 7) is 1.14. The van der Waals surface area contributed by atoms with Gasteiger partial charge >= 0.3 is 6.18 Å². The Kier molecular flexibility index (Phi) is 6.03. The van der Waals surface area contributed by atoms with Crippen LogP contribution in [0, 0.1) is 11.6 Å². The van der Waals surface area contributed by atoms with Crippen LogP contribution in [0.4, 0.5) is 27.6 Å². The first kappa shape index (κ1) is 23.0. The minimum Gasteiger partial charge on any atom is -0.452 e. The monoisotopic (exact) mass is 482 g/mol. The highest BCUT2D eigenvalue weighted by Crippen LogP contribution is 2.42. The SMILES string of the molecule is CC1(c2cc(NC(=O)c3ncc(Cl)cc3Cl)cc(F)c2F)CC(C(F)(F)F)OC(N)=N1. The van der Waals surface area contributed by atoms with E-state index in [9.17, 15) is 26.7 Å². The van der Waals surface area contributed by atoms with Crippen molar-refractivity contribution in [1.29, 1.82) is 0 Å². The summed E-state index contributed by atoms with van der Waals surface area (Å²) in [5.74, 6) is -3.75. The lowest BCUT2D eigenvalue weighted by atomic mass is 9.85. The molecule has 13 heteroatoms. The number of anilines is 1. The van der Waals surface area contributed by atoms with E-state index in [0.717, 1.165) is 19.2 Å². The van der Waals surface area contributed by atoms with Crippen molar-refractivity contribution < 1.29 is 31.5 Å². The normalized spacial score (nSPS) is 21.3. The fourth-order valence-corrected chi connectivity index (χ4v) is 3.51. The molecule has 0 saturated carbocycles. The van der Waals surface area contributed by atoms with E-state index < -0.39 is 53.4 Å². The first-order chi connectivity index (χ1) is 14.3. The van der Waals surface area contributed by atoms with Crippen molar-refractivity contribution in [2.75, 3.05) is 5.32 Å². The molecule has 0 saturated heterocycles. The summed E-state index contributed by atoms with van der Waals surface area (Å²) < 4.78 is 72.8. The summed E-state index contributed by atoms with van der Waals surface area (Å²) in [5, 5.41) is 2.33. The molecule has 0 radical (unpaired) electrons. The predicted molar refractivity (Wildman–Crippen MR) is 103 cm³/mol. The number of carbonyl (C=O) groups excluding carboxylic acids is 1. The summed E-state index contributed by atoms with van der Waals surface area (Å²) in [6.07, 6.45) is -6.92. The molecule has 0 bridgehead atoms. The van der Waals surface area contributed by atoms with Crippen molar-refractivity contribution >= 4 is 40.8 Å². The number of halogens is 7. The summed E-state index contributed by atoms with van der Waals surface area (Å²) in [7, 11) is 0. The summed E-state index contributed by atoms with van der Waals surface area (Å²) in [6, 6.07) is 2.02. The van der Waals surface area contributed by atoms with Crippen molar-refractivity contribution in [2.45, 2.75) is 31.2 Å². The van der Waals surface area contributed by atoms with E-state index in [4.69, 9.17) is 28.9 Å². The molecule has 1 aromatic heterocycles. The molecule has 3 rings (SSSR count). The van der Waals surface area contributed by atoms with Crippen LogP contribution < -0.4 is 11.1 Å². The number of hydrogen-bond acceptors (Lipinski definition) is 5. The molecule has 2 heterocycles. The smallest absolute Gasteiger partial charge is 0.425 e. The number of benzene rings is 1. The van der Waals surface area contributed by atoms with E-state index in [-0.39, 0.29) is 21.4 Å². The molecule has 166 valence electrons. The Morgan fingerprint density at radius 3 is 2.58 bits per heavy atom. The number of aliphatic imine (C=N–C) groups is 1. The standard InChI is InChI=1S/C18H13Cl2F5N4O2/c1-17(5-12(18(23,24)25)31-16(26)29-17)9-3-8(4-11(21)13(9)22)28-15(30)14-10(20)2-7(19)6-27-14/h2-4,6,12H,5H2,1H3,(H2,26,29)(H,28,30). The number of amides is 1. The van der Waals surface area contributed by atoms with E-state index in [1.165, 1.54) is 6.07 Å². The van der Waals surface area contributed by atoms with Gasteiger partial charge < -0.3 is 15.8 Å². The minimum atomic E-state index is -4.82. The van der Waals surface area contributed by atoms with Gasteiger partial charge in [-0.2, -0.15) is 13.2 Å². The van der Waals surface area contributed by atoms with Gasteiger partial charge in [-0.15, -0.1) is 0 Å². The molecule has 6 nitrogen and oxygen atoms in total. The zero-order chi connectivity index (χ0) is 23.1. The fraction of sp³-hybridized carbons (Fsp3) is 0.278. The second-order valence-electron chi connectivity index (χ2n) is 6.83. The Balaban J connectivity index is 1.99. The third-order valence-corrected chi connectivity index (χ3v) is 4.95. The maximum Gasteiger partial charge on any atom is 0.425 e. The number of alkyl halides is 3. The van der Waals surface area contributed by atoms with Crippen LogP contribution in [0.3, 0.4) is 0 Å². The Labute approximate surface area is 182 Å². The number of rotatable bonds is 3. The summed E-state index contributed by atoms with van der Waals surface area (Å²) in [4.78, 5) is 19.9. The number of nitrogens with two attached hydrogens (primary N) is 1. The minimum absolute atomic E-state index is 0.102. The lowest BCUT2D eigenvalue weighted by molar-refractivity contribution is -0.208. The Morgan fingerprint density at radius 2 is 1.97 bits per heavy atom. The van der Waals surface area contributed by atoms with E-state index in [0.29, 0.717) is 6.07 Å². The molecule has 0 fully saturated rings. The molecular formula is C18H13Cl2F5N4O2. The van der Waals surface area contributed by atoms with E-state index >= 15 is 0 Å². The van der Waals surface area contributed by atoms with Crippen molar-refractivity contribution in [1.82, 2.24) is 4.98 Å². The molecule has 1 aliphatic heterocycles. The fourth-order valence-electron chi connectivity index (χ4n) is 3.04. The topological polar surface area (TPSA) is 89.6 Å². The third-order valence-electron chi connectivity index (χ3n) is 4.46. The molecule has 1 amide bonds. The number of nitrogens with zero attached hydrogens (tertiary/aromatic N) is 2. The maximum atomic E-state index is 14.6. The lowest BCUT2D eigenvalue weighted by Gasteiger charge is -2.36. The Hall–Kier alpha value is -2.66. The van der Waals surface area contributed by atoms with Gasteiger partial charge in [0.1, 0.15) is 5.69 Å². The number of hydrogen-bond donors (Lipinski definition) is 2. The quantitative estimate of drug-likeness (QED) is 0.614. The number of nitrogens with one attached hydrogen (secondary N) is 1. The van der Waals surface area contributed by atoms with Gasteiger partial charge in [0.25, 0.3) is 11.9 Å². The number of ether oxygens (including phenoxy) is 1. The Morgan fingerprint density at radius 1 is 1.29 bits per heavy atom. The molecule has 2 aromatic rings. The summed E-state index contributed by atoms with van der Waals surface area (Å²) >= 11 is 11.6. The van der Waals surface area contributed by atoms with Gasteiger partial charge in [0.15, 0.2) is 17.7 Å². The number of amidine groups is 1. The van der Waals surface area contributed by atoms with Gasteiger partial charge in [-0.25, -0.2) is 18.8 Å². The number of pyridine rings is 1. The lowest BCUT2D eigenvalue weighted by Crippen LogP contribution is -2.46. The van der Waals surface area contributed by atoms with Gasteiger partial charge in [0.05, 0.1) is 15.6 Å². The van der Waals surface area contributed by atoms with Crippen LogP contribution in [0.25, 0.3) is 0 Å². The van der Waals surface area contributed by atoms with Crippen LogP contribution >= 0.6 is 23.2 Å². The van der Waals surface area contributed by atoms with Crippen LogP contribution in [-0.2, 0) is 10.3 Å². The highest BCUT2D eigenvalue weighted by molar-refractivity contribution is 6.36. The molecular weight excluding hydrogens is 470 g/mol. The Bertz CT molecular complexity index is 1080. The second kappa shape index (κ2) is 8.12. The molecule has 0 aliphatic carbocycles. The van der Waals surface area contributed by atoms with Gasteiger partial charge in [0.2, 0.25) is 0 Å². The number of aromatic nitrogens is 1. The number of carbonyl (C=O) groups is 1. The van der Waals surface area contributed by atoms with Gasteiger partial charge in [-0.3, -0.25) is 4.79 Å². The zero-order valence-corrected chi connectivity index (χ0v) is 17.0. The second-order valence-corrected chi connectivity index (χ2v) is 7.68. The maximum absolute atomic E-state index is 14.6. The average Bonchev–Trinajstić information content (AvgIpc) is 2.62. The van der Waals surface area contributed by atoms with Crippen LogP contribution in [0.2, 0.25) is 10.0 Å². The van der Waals surface area contributed by atoms with Crippen LogP contribution in [-0.4, -0.2) is 29.2 Å². The van der Waals surface area contributed by atoms with Crippen LogP contribution in [0.1, 0.15) is 29.4 Å². The van der Waals surface area contributed by atoms with Gasteiger partial charge in [-0.1, -0.05) is 23.2 Å². The zero-order valence-electron chi connectivity index (χ0n) is 15.5. The first-order valence-corrected chi connectivity index (χ1v) is 9.26. The van der Waals surface area contributed by atoms with Gasteiger partial charge in [0, 0.05) is 29.9 Å². The third kappa shape index (κ3) is 4.82. The molecule has 31 heavy (non-hydrogen) atoms. The van der Waals surface area contributed by atoms with E-state index in [1.807, 2.05) is 0 Å². The van der Waals surface area contributed by atoms with E-state index in [2.05, 4.69) is 20.0 Å². The predicted octanol–water partition coefficient (Wildman–Crippen LogP) is 4.80. The van der Waals surface area contributed by atoms with Crippen LogP contribution in [0.5, 0.6) is 0 Å². The first-order valence-electron chi connectivity index (χ1n) is 8.51. The average molecular weight is 483 g/mol.